The number of aliphatic imine (C=N–C) groups is 1. The number of hydrogen-bond donors (Lipinski definition) is 2. The highest BCUT2D eigenvalue weighted by atomic mass is 32.1. The number of nitrogens with zero attached hydrogens (tertiary/aromatic N) is 1. The third-order valence-corrected chi connectivity index (χ3v) is 4.92. The highest BCUT2D eigenvalue weighted by molar-refractivity contribution is 7.09. The molecule has 2 N–H and O–H groups in total. The molecule has 1 amide bonds. The first-order chi connectivity index (χ1) is 10.9. The van der Waals surface area contributed by atoms with Gasteiger partial charge in [0.15, 0.2) is 0 Å². The predicted octanol–water partition coefficient (Wildman–Crippen LogP) is 3.77. The van der Waals surface area contributed by atoms with Crippen molar-refractivity contribution in [1.29, 1.82) is 0 Å². The minimum absolute atomic E-state index is 0.0696. The average molecular weight is 331 g/mol. The van der Waals surface area contributed by atoms with Gasteiger partial charge in [0.2, 0.25) is 0 Å². The van der Waals surface area contributed by atoms with Crippen molar-refractivity contribution in [2.24, 2.45) is 4.99 Å². The molecule has 0 spiro atoms. The van der Waals surface area contributed by atoms with Crippen molar-refractivity contribution in [1.82, 2.24) is 10.6 Å². The zero-order valence-electron chi connectivity index (χ0n) is 14.3. The Bertz CT molecular complexity index is 648. The molecule has 1 aliphatic rings. The van der Waals surface area contributed by atoms with Crippen LogP contribution in [0.4, 0.5) is 0 Å². The summed E-state index contributed by atoms with van der Waals surface area (Å²) in [6, 6.07) is 4.00. The van der Waals surface area contributed by atoms with E-state index in [1.165, 1.54) is 0 Å². The van der Waals surface area contributed by atoms with E-state index in [1.54, 1.807) is 11.3 Å². The summed E-state index contributed by atoms with van der Waals surface area (Å²) in [4.78, 5) is 17.9. The van der Waals surface area contributed by atoms with Gasteiger partial charge in [-0.05, 0) is 58.7 Å². The van der Waals surface area contributed by atoms with E-state index in [0.29, 0.717) is 17.9 Å². The summed E-state index contributed by atoms with van der Waals surface area (Å²) in [5, 5.41) is 8.42. The molecule has 124 valence electrons. The van der Waals surface area contributed by atoms with E-state index < -0.39 is 0 Å². The lowest BCUT2D eigenvalue weighted by Crippen LogP contribution is -2.30. The molecule has 5 heteroatoms. The minimum Gasteiger partial charge on any atom is -0.365 e. The van der Waals surface area contributed by atoms with Gasteiger partial charge < -0.3 is 10.6 Å². The monoisotopic (exact) mass is 331 g/mol. The summed E-state index contributed by atoms with van der Waals surface area (Å²) in [5.74, 6) is 0.632. The number of rotatable bonds is 7. The van der Waals surface area contributed by atoms with Crippen molar-refractivity contribution in [3.8, 4) is 0 Å². The quantitative estimate of drug-likeness (QED) is 0.454. The van der Waals surface area contributed by atoms with Gasteiger partial charge in [0.1, 0.15) is 5.82 Å². The Hall–Kier alpha value is -1.88. The van der Waals surface area contributed by atoms with Gasteiger partial charge in [0, 0.05) is 21.6 Å². The molecule has 1 saturated carbocycles. The molecule has 4 nitrogen and oxygen atoms in total. The Labute approximate surface area is 142 Å². The van der Waals surface area contributed by atoms with Crippen LogP contribution in [0, 0.1) is 0 Å². The number of nitrogens with one attached hydrogen (secondary N) is 2. The average Bonchev–Trinajstić information content (AvgIpc) is 3.01. The Kier molecular flexibility index (Phi) is 5.42. The van der Waals surface area contributed by atoms with Crippen molar-refractivity contribution in [3.63, 3.8) is 0 Å². The fourth-order valence-corrected chi connectivity index (χ4v) is 3.05. The first kappa shape index (κ1) is 17.5. The van der Waals surface area contributed by atoms with E-state index in [9.17, 15) is 4.79 Å². The maximum Gasteiger partial charge on any atom is 0.251 e. The molecule has 0 radical (unpaired) electrons. The SMILES string of the molecule is C=N/C(NC1(C)CC1)=C(\C)C(C(=O)NCc1cccs1)=C(C)C. The molecule has 0 saturated heterocycles. The van der Waals surface area contributed by atoms with Crippen molar-refractivity contribution >= 4 is 24.0 Å². The molecule has 2 rings (SSSR count). The van der Waals surface area contributed by atoms with Crippen LogP contribution in [0.1, 0.15) is 45.4 Å². The number of amides is 1. The van der Waals surface area contributed by atoms with Crippen LogP contribution in [0.5, 0.6) is 0 Å². The Balaban J connectivity index is 2.17. The molecule has 1 aromatic rings. The van der Waals surface area contributed by atoms with Crippen molar-refractivity contribution < 1.29 is 4.79 Å². The van der Waals surface area contributed by atoms with Crippen LogP contribution in [-0.2, 0) is 11.3 Å². The number of allylic oxidation sites excluding steroid dienone is 1. The molecular formula is C18H25N3OS. The van der Waals surface area contributed by atoms with Gasteiger partial charge in [-0.15, -0.1) is 11.3 Å². The highest BCUT2D eigenvalue weighted by Crippen LogP contribution is 2.36. The second-order valence-corrected chi connectivity index (χ2v) is 7.49. The first-order valence-electron chi connectivity index (χ1n) is 7.80. The van der Waals surface area contributed by atoms with Crippen LogP contribution < -0.4 is 10.6 Å². The topological polar surface area (TPSA) is 53.5 Å². The van der Waals surface area contributed by atoms with Crippen LogP contribution in [0.15, 0.2) is 45.0 Å². The van der Waals surface area contributed by atoms with Gasteiger partial charge in [-0.3, -0.25) is 4.79 Å². The van der Waals surface area contributed by atoms with Crippen LogP contribution in [0.3, 0.4) is 0 Å². The fourth-order valence-electron chi connectivity index (χ4n) is 2.41. The highest BCUT2D eigenvalue weighted by Gasteiger charge is 2.38. The van der Waals surface area contributed by atoms with E-state index in [-0.39, 0.29) is 11.4 Å². The van der Waals surface area contributed by atoms with Gasteiger partial charge in [0.05, 0.1) is 6.54 Å². The second kappa shape index (κ2) is 7.13. The summed E-state index contributed by atoms with van der Waals surface area (Å²) in [6.45, 7) is 12.2. The lowest BCUT2D eigenvalue weighted by Gasteiger charge is -2.18. The first-order valence-corrected chi connectivity index (χ1v) is 8.68. The largest absolute Gasteiger partial charge is 0.365 e. The molecule has 23 heavy (non-hydrogen) atoms. The molecule has 0 unspecified atom stereocenters. The van der Waals surface area contributed by atoms with Crippen LogP contribution in [0.2, 0.25) is 0 Å². The number of carbonyl (C=O) groups is 1. The number of thiophene rings is 1. The van der Waals surface area contributed by atoms with E-state index >= 15 is 0 Å². The summed E-state index contributed by atoms with van der Waals surface area (Å²) >= 11 is 1.64. The normalized spacial score (nSPS) is 16.2. The van der Waals surface area contributed by atoms with Gasteiger partial charge in [-0.1, -0.05) is 11.6 Å². The maximum atomic E-state index is 12.6. The van der Waals surface area contributed by atoms with Gasteiger partial charge in [-0.25, -0.2) is 4.99 Å². The lowest BCUT2D eigenvalue weighted by molar-refractivity contribution is -0.117. The molecule has 1 heterocycles. The summed E-state index contributed by atoms with van der Waals surface area (Å²) in [5.41, 5.74) is 2.59. The molecule has 1 aliphatic carbocycles. The second-order valence-electron chi connectivity index (χ2n) is 6.45. The fraction of sp³-hybridized carbons (Fsp3) is 0.444. The van der Waals surface area contributed by atoms with Crippen molar-refractivity contribution in [2.45, 2.75) is 52.6 Å². The Morgan fingerprint density at radius 3 is 2.57 bits per heavy atom. The van der Waals surface area contributed by atoms with Crippen LogP contribution in [0.25, 0.3) is 0 Å². The Morgan fingerprint density at radius 1 is 1.39 bits per heavy atom. The van der Waals surface area contributed by atoms with Gasteiger partial charge >= 0.3 is 0 Å². The Morgan fingerprint density at radius 2 is 2.09 bits per heavy atom. The number of carbonyl (C=O) groups excluding carboxylic acids is 1. The molecule has 0 aliphatic heterocycles. The number of hydrogen-bond acceptors (Lipinski definition) is 4. The molecule has 1 fully saturated rings. The van der Waals surface area contributed by atoms with Crippen molar-refractivity contribution in [2.75, 3.05) is 0 Å². The molecule has 0 aromatic carbocycles. The van der Waals surface area contributed by atoms with Crippen LogP contribution >= 0.6 is 11.3 Å². The third kappa shape index (κ3) is 4.55. The smallest absolute Gasteiger partial charge is 0.251 e. The minimum atomic E-state index is -0.0696. The van der Waals surface area contributed by atoms with E-state index in [0.717, 1.165) is 28.9 Å². The summed E-state index contributed by atoms with van der Waals surface area (Å²) in [6.07, 6.45) is 2.24. The van der Waals surface area contributed by atoms with E-state index in [2.05, 4.69) is 29.3 Å². The third-order valence-electron chi connectivity index (χ3n) is 4.04. The molecular weight excluding hydrogens is 306 g/mol. The van der Waals surface area contributed by atoms with Crippen LogP contribution in [-0.4, -0.2) is 18.2 Å². The van der Waals surface area contributed by atoms with Gasteiger partial charge in [-0.2, -0.15) is 0 Å². The summed E-state index contributed by atoms with van der Waals surface area (Å²) in [7, 11) is 0. The van der Waals surface area contributed by atoms with Crippen molar-refractivity contribution in [3.05, 3.63) is 44.9 Å². The maximum absolute atomic E-state index is 12.6. The standard InChI is InChI=1S/C18H25N3OS/c1-12(2)15(17(22)20-11-14-7-6-10-23-14)13(3)16(19-5)21-18(4)8-9-18/h6-7,10,21H,5,8-9,11H2,1-4H3,(H,20,22)/b16-13-. The summed E-state index contributed by atoms with van der Waals surface area (Å²) < 4.78 is 0. The zero-order chi connectivity index (χ0) is 17.0. The van der Waals surface area contributed by atoms with Gasteiger partial charge in [0.25, 0.3) is 5.91 Å². The predicted molar refractivity (Wildman–Crippen MR) is 97.6 cm³/mol. The lowest BCUT2D eigenvalue weighted by atomic mass is 10.0. The van der Waals surface area contributed by atoms with E-state index in [1.807, 2.05) is 38.3 Å². The molecule has 0 atom stereocenters. The molecule has 0 bridgehead atoms. The zero-order valence-corrected chi connectivity index (χ0v) is 15.1. The molecule has 1 aromatic heterocycles. The van der Waals surface area contributed by atoms with E-state index in [4.69, 9.17) is 0 Å².